The molecule has 0 aromatic carbocycles. The van der Waals surface area contributed by atoms with Crippen LogP contribution in [-0.2, 0) is 18.5 Å². The fourth-order valence-electron chi connectivity index (χ4n) is 5.78. The van der Waals surface area contributed by atoms with Crippen molar-refractivity contribution in [3.8, 4) is 0 Å². The Bertz CT molecular complexity index is 1040. The quantitative estimate of drug-likeness (QED) is 0.306. The molecular formula is C24H42O10P4-6. The zero-order valence-corrected chi connectivity index (χ0v) is 26.6. The van der Waals surface area contributed by atoms with Gasteiger partial charge in [-0.3, -0.25) is 14.7 Å². The van der Waals surface area contributed by atoms with Crippen LogP contribution in [0.2, 0.25) is 0 Å². The third kappa shape index (κ3) is 8.43. The molecular weight excluding hydrogens is 572 g/mol. The molecule has 0 spiro atoms. The van der Waals surface area contributed by atoms with E-state index in [-0.39, 0.29) is 66.0 Å². The van der Waals surface area contributed by atoms with Crippen LogP contribution < -0.4 is 29.4 Å². The van der Waals surface area contributed by atoms with Crippen molar-refractivity contribution in [2.24, 2.45) is 23.7 Å². The second kappa shape index (κ2) is 11.5. The highest BCUT2D eigenvalue weighted by atomic mass is 31.2. The van der Waals surface area contributed by atoms with Gasteiger partial charge < -0.3 is 47.9 Å². The highest BCUT2D eigenvalue weighted by Crippen LogP contribution is 2.59. The second-order valence-corrected chi connectivity index (χ2v) is 20.6. The van der Waals surface area contributed by atoms with Crippen molar-refractivity contribution in [2.45, 2.75) is 88.5 Å². The Morgan fingerprint density at radius 1 is 0.605 bits per heavy atom. The van der Waals surface area contributed by atoms with E-state index in [4.69, 9.17) is 18.5 Å². The van der Waals surface area contributed by atoms with Crippen molar-refractivity contribution in [1.82, 2.24) is 0 Å². The summed E-state index contributed by atoms with van der Waals surface area (Å²) in [4.78, 5) is 69.3. The lowest BCUT2D eigenvalue weighted by molar-refractivity contribution is -0.298. The largest absolute Gasteiger partial charge is 0.840 e. The van der Waals surface area contributed by atoms with E-state index in [1.165, 1.54) is 13.3 Å². The monoisotopic (exact) mass is 614 g/mol. The SMILES string of the molecule is C=P(C)([O-])OC1C(C)C(C)OC1C1CC1P(=C)([O-])[O-].C=P(C)([O-])OC1C(C)OC(C2CC2P(=C)([O-])[O-])C1C. The predicted octanol–water partition coefficient (Wildman–Crippen LogP) is -1.09. The van der Waals surface area contributed by atoms with Crippen LogP contribution in [0.5, 0.6) is 0 Å². The number of hydrogen-bond acceptors (Lipinski definition) is 10. The van der Waals surface area contributed by atoms with E-state index in [0.717, 1.165) is 0 Å². The summed E-state index contributed by atoms with van der Waals surface area (Å²) in [6, 6.07) is 0. The molecule has 0 aromatic heterocycles. The fourth-order valence-corrected chi connectivity index (χ4v) is 10.1. The molecule has 14 atom stereocenters. The molecule has 14 unspecified atom stereocenters. The highest BCUT2D eigenvalue weighted by molar-refractivity contribution is 7.62. The Hall–Kier alpha value is 0.800. The van der Waals surface area contributed by atoms with Gasteiger partial charge in [-0.15, -0.1) is 12.6 Å². The summed E-state index contributed by atoms with van der Waals surface area (Å²) in [6.07, 6.45) is 13.3. The summed E-state index contributed by atoms with van der Waals surface area (Å²) in [5.74, 6) is -0.0265. The van der Waals surface area contributed by atoms with Crippen LogP contribution in [-0.4, -0.2) is 86.5 Å². The minimum absolute atomic E-state index is 0.00609. The highest BCUT2D eigenvalue weighted by Gasteiger charge is 2.53. The summed E-state index contributed by atoms with van der Waals surface area (Å²) in [7, 11) is -12.8. The first-order valence-electron chi connectivity index (χ1n) is 12.8. The maximum Gasteiger partial charge on any atom is 0.0914 e. The molecule has 0 bridgehead atoms. The lowest BCUT2D eigenvalue weighted by Crippen LogP contribution is -2.33. The van der Waals surface area contributed by atoms with Gasteiger partial charge in [0.2, 0.25) is 0 Å². The first-order chi connectivity index (χ1) is 17.0. The van der Waals surface area contributed by atoms with Crippen molar-refractivity contribution in [3.05, 3.63) is 0 Å². The number of ether oxygens (including phenoxy) is 2. The Kier molecular flexibility index (Phi) is 10.1. The Morgan fingerprint density at radius 2 is 1.00 bits per heavy atom. The molecule has 38 heavy (non-hydrogen) atoms. The average molecular weight is 614 g/mol. The van der Waals surface area contributed by atoms with Gasteiger partial charge in [0.15, 0.2) is 0 Å². The van der Waals surface area contributed by atoms with Gasteiger partial charge in [0.05, 0.1) is 36.6 Å². The molecule has 2 heterocycles. The van der Waals surface area contributed by atoms with Gasteiger partial charge >= 0.3 is 0 Å². The third-order valence-corrected chi connectivity index (χ3v) is 12.6. The van der Waals surface area contributed by atoms with E-state index < -0.39 is 35.0 Å². The summed E-state index contributed by atoms with van der Waals surface area (Å²) >= 11 is 0. The fraction of sp³-hybridized carbons (Fsp3) is 0.833. The minimum Gasteiger partial charge on any atom is -0.840 e. The van der Waals surface area contributed by atoms with Gasteiger partial charge in [0, 0.05) is 11.8 Å². The molecule has 2 saturated carbocycles. The second-order valence-electron chi connectivity index (χ2n) is 11.9. The van der Waals surface area contributed by atoms with Crippen molar-refractivity contribution in [2.75, 3.05) is 13.3 Å². The van der Waals surface area contributed by atoms with E-state index in [1.807, 2.05) is 27.7 Å². The zero-order chi connectivity index (χ0) is 29.2. The van der Waals surface area contributed by atoms with Crippen molar-refractivity contribution < 1.29 is 47.9 Å². The summed E-state index contributed by atoms with van der Waals surface area (Å²) in [5, 5.41) is 0. The van der Waals surface area contributed by atoms with Crippen LogP contribution >= 0.6 is 29.4 Å². The van der Waals surface area contributed by atoms with Crippen LogP contribution in [0, 0.1) is 23.7 Å². The summed E-state index contributed by atoms with van der Waals surface area (Å²) in [6.45, 7) is 10.6. The minimum atomic E-state index is -3.57. The van der Waals surface area contributed by atoms with Crippen LogP contribution in [0.3, 0.4) is 0 Å². The maximum atomic E-state index is 11.8. The zero-order valence-electron chi connectivity index (χ0n) is 23.0. The van der Waals surface area contributed by atoms with Crippen molar-refractivity contribution in [1.29, 1.82) is 0 Å². The molecule has 0 N–H and O–H groups in total. The number of rotatable bonds is 8. The summed E-state index contributed by atoms with van der Waals surface area (Å²) < 4.78 is 22.7. The summed E-state index contributed by atoms with van der Waals surface area (Å²) in [5.41, 5.74) is -0.804. The molecule has 0 aromatic rings. The van der Waals surface area contributed by atoms with Crippen molar-refractivity contribution >= 4 is 54.6 Å². The van der Waals surface area contributed by atoms with Gasteiger partial charge in [-0.2, -0.15) is 0 Å². The molecule has 0 amide bonds. The third-order valence-electron chi connectivity index (χ3n) is 7.98. The molecule has 2 saturated heterocycles. The lowest BCUT2D eigenvalue weighted by atomic mass is 9.96. The predicted molar refractivity (Wildman–Crippen MR) is 149 cm³/mol. The molecule has 4 aliphatic rings. The van der Waals surface area contributed by atoms with Crippen LogP contribution in [0.25, 0.3) is 0 Å². The van der Waals surface area contributed by atoms with Gasteiger partial charge in [0.1, 0.15) is 0 Å². The molecule has 2 aliphatic heterocycles. The molecule has 224 valence electrons. The van der Waals surface area contributed by atoms with Crippen molar-refractivity contribution in [3.63, 3.8) is 0 Å². The van der Waals surface area contributed by atoms with E-state index in [9.17, 15) is 29.4 Å². The van der Waals surface area contributed by atoms with E-state index >= 15 is 0 Å². The first-order valence-corrected chi connectivity index (χ1v) is 21.1. The molecule has 4 rings (SSSR count). The van der Waals surface area contributed by atoms with Gasteiger partial charge in [-0.1, -0.05) is 41.1 Å². The Balaban J connectivity index is 0.000000211. The topological polar surface area (TPSA) is 175 Å². The first kappa shape index (κ1) is 33.3. The van der Waals surface area contributed by atoms with Crippen LogP contribution in [0.4, 0.5) is 0 Å². The van der Waals surface area contributed by atoms with Crippen LogP contribution in [0.15, 0.2) is 0 Å². The maximum absolute atomic E-state index is 11.8. The molecule has 4 fully saturated rings. The Labute approximate surface area is 227 Å². The van der Waals surface area contributed by atoms with Gasteiger partial charge in [-0.25, -0.2) is 0 Å². The molecule has 14 heteroatoms. The van der Waals surface area contributed by atoms with Gasteiger partial charge in [0.25, 0.3) is 0 Å². The normalized spacial score (nSPS) is 46.0. The molecule has 2 aliphatic carbocycles. The van der Waals surface area contributed by atoms with Gasteiger partial charge in [-0.05, 0) is 63.2 Å². The number of hydrogen-bond donors (Lipinski definition) is 0. The Morgan fingerprint density at radius 3 is 1.39 bits per heavy atom. The van der Waals surface area contributed by atoms with E-state index in [0.29, 0.717) is 12.8 Å². The van der Waals surface area contributed by atoms with E-state index in [1.54, 1.807) is 0 Å². The molecule has 10 nitrogen and oxygen atoms in total. The average Bonchev–Trinajstić information content (AvgIpc) is 3.61. The van der Waals surface area contributed by atoms with E-state index in [2.05, 4.69) is 25.2 Å². The standard InChI is InChI=1S/2C12H21O5P2/c1-7-11(17-18(3,4)13)8(2)16-12(7)9-6-10(9)19(5,14)15;1-7-8(2)16-12(11(7)17-18(3,4)13)9-6-10(9)19(5,14)15/h2*7-12H,3,5-6H2,1-2,4H3/q2*-3. The lowest BCUT2D eigenvalue weighted by Gasteiger charge is -2.40. The van der Waals surface area contributed by atoms with Crippen LogP contribution in [0.1, 0.15) is 40.5 Å². The smallest absolute Gasteiger partial charge is 0.0914 e. The molecule has 0 radical (unpaired) electrons.